The van der Waals surface area contributed by atoms with E-state index < -0.39 is 5.97 Å². The molecule has 3 aliphatic rings. The molecule has 3 aliphatic heterocycles. The van der Waals surface area contributed by atoms with Gasteiger partial charge in [-0.1, -0.05) is 76.1 Å². The summed E-state index contributed by atoms with van der Waals surface area (Å²) in [7, 11) is 3.53. The van der Waals surface area contributed by atoms with Crippen molar-refractivity contribution in [3.05, 3.63) is 178 Å². The van der Waals surface area contributed by atoms with E-state index >= 15 is 0 Å². The summed E-state index contributed by atoms with van der Waals surface area (Å²) in [6, 6.07) is 27.7. The van der Waals surface area contributed by atoms with Gasteiger partial charge in [-0.15, -0.1) is 6.42 Å². The SMILES string of the molecule is C.C#Cc1cccc(F)c1.CCC(=O)C1CCOC1.Cn1c(C2CCOC2)nc2cc(Br)ccc2c1=O.Cn1c(C2CCOC2)nc2cc(C#Cc3cccc(F)c3)ccc2c1=O.Nc1cc(Br)ccc1C(=O)O. The van der Waals surface area contributed by atoms with E-state index in [1.807, 2.05) is 31.2 Å². The number of nitrogens with zero attached hydrogens (tertiary/aromatic N) is 4. The number of nitrogens with two attached hydrogens (primary N) is 1. The molecule has 13 nitrogen and oxygen atoms in total. The molecular weight excluding hydrogens is 1080 g/mol. The number of rotatable bonds is 5. The fraction of sp³-hybridized carbons (Fsp3) is 0.298. The number of hydrogen-bond donors (Lipinski definition) is 2. The van der Waals surface area contributed by atoms with Crippen LogP contribution in [0.25, 0.3) is 21.8 Å². The van der Waals surface area contributed by atoms with Crippen LogP contribution in [-0.2, 0) is 33.1 Å². The van der Waals surface area contributed by atoms with Crippen LogP contribution in [-0.4, -0.2) is 75.6 Å². The number of ketones is 1. The topological polar surface area (TPSA) is 178 Å². The number of halogens is 4. The summed E-state index contributed by atoms with van der Waals surface area (Å²) in [5.41, 5.74) is 9.04. The van der Waals surface area contributed by atoms with Gasteiger partial charge in [0.1, 0.15) is 29.1 Å². The van der Waals surface area contributed by atoms with Crippen molar-refractivity contribution < 1.29 is 37.7 Å². The monoisotopic (exact) mass is 1140 g/mol. The number of anilines is 1. The molecule has 2 aromatic heterocycles. The molecule has 0 radical (unpaired) electrons. The molecule has 7 aromatic rings. The van der Waals surface area contributed by atoms with Gasteiger partial charge < -0.3 is 25.1 Å². The quantitative estimate of drug-likeness (QED) is 0.124. The van der Waals surface area contributed by atoms with Crippen LogP contribution in [0, 0.1) is 41.7 Å². The molecule has 17 heteroatoms. The van der Waals surface area contributed by atoms with Crippen LogP contribution in [0.4, 0.5) is 14.5 Å². The highest BCUT2D eigenvalue weighted by Crippen LogP contribution is 2.26. The molecule has 10 rings (SSSR count). The summed E-state index contributed by atoms with van der Waals surface area (Å²) in [6.45, 7) is 6.02. The molecular formula is C57H57Br2F2N5O8. The zero-order chi connectivity index (χ0) is 52.6. The normalized spacial score (nSPS) is 16.2. The molecule has 3 fully saturated rings. The number of nitrogen functional groups attached to an aromatic ring is 1. The number of terminal acetylenes is 1. The van der Waals surface area contributed by atoms with Crippen molar-refractivity contribution in [1.29, 1.82) is 0 Å². The molecule has 386 valence electrons. The van der Waals surface area contributed by atoms with Crippen LogP contribution in [0.5, 0.6) is 0 Å². The van der Waals surface area contributed by atoms with Crippen LogP contribution >= 0.6 is 31.9 Å². The van der Waals surface area contributed by atoms with Gasteiger partial charge in [-0.25, -0.2) is 23.5 Å². The van der Waals surface area contributed by atoms with Crippen molar-refractivity contribution in [1.82, 2.24) is 19.1 Å². The van der Waals surface area contributed by atoms with Crippen molar-refractivity contribution >= 4 is 71.1 Å². The molecule has 5 aromatic carbocycles. The average Bonchev–Trinajstić information content (AvgIpc) is 4.23. The number of Topliss-reactive ketones (excluding diaryl/α,β-unsaturated/α-hetero) is 1. The molecule has 0 saturated carbocycles. The smallest absolute Gasteiger partial charge is 0.337 e. The third kappa shape index (κ3) is 15.8. The van der Waals surface area contributed by atoms with E-state index in [0.717, 1.165) is 64.2 Å². The van der Waals surface area contributed by atoms with Crippen LogP contribution < -0.4 is 16.9 Å². The Morgan fingerprint density at radius 1 is 0.703 bits per heavy atom. The van der Waals surface area contributed by atoms with Gasteiger partial charge in [0, 0.05) is 89.4 Å². The second-order valence-electron chi connectivity index (χ2n) is 17.0. The van der Waals surface area contributed by atoms with Gasteiger partial charge in [0.15, 0.2) is 0 Å². The molecule has 5 heterocycles. The van der Waals surface area contributed by atoms with Gasteiger partial charge in [-0.3, -0.25) is 23.5 Å². The molecule has 0 aliphatic carbocycles. The Morgan fingerprint density at radius 2 is 1.19 bits per heavy atom. The van der Waals surface area contributed by atoms with Gasteiger partial charge in [-0.2, -0.15) is 0 Å². The summed E-state index contributed by atoms with van der Waals surface area (Å²) >= 11 is 6.58. The van der Waals surface area contributed by atoms with Crippen LogP contribution in [0.15, 0.2) is 122 Å². The molecule has 0 spiro atoms. The Labute approximate surface area is 445 Å². The zero-order valence-corrected chi connectivity index (χ0v) is 43.6. The number of carbonyl (C=O) groups is 2. The molecule has 3 N–H and O–H groups in total. The maximum atomic E-state index is 13.3. The zero-order valence-electron chi connectivity index (χ0n) is 40.4. The highest BCUT2D eigenvalue weighted by Gasteiger charge is 2.25. The molecule has 3 unspecified atom stereocenters. The number of fused-ring (bicyclic) bond motifs is 2. The van der Waals surface area contributed by atoms with Gasteiger partial charge in [0.25, 0.3) is 11.1 Å². The van der Waals surface area contributed by atoms with Crippen LogP contribution in [0.1, 0.15) is 90.6 Å². The predicted molar refractivity (Wildman–Crippen MR) is 291 cm³/mol. The van der Waals surface area contributed by atoms with Crippen molar-refractivity contribution in [2.24, 2.45) is 20.0 Å². The van der Waals surface area contributed by atoms with Crippen molar-refractivity contribution in [2.75, 3.05) is 45.4 Å². The summed E-state index contributed by atoms with van der Waals surface area (Å²) in [5.74, 6) is 9.18. The second-order valence-corrected chi connectivity index (χ2v) is 18.8. The molecule has 3 saturated heterocycles. The first-order valence-electron chi connectivity index (χ1n) is 23.3. The maximum Gasteiger partial charge on any atom is 0.337 e. The summed E-state index contributed by atoms with van der Waals surface area (Å²) in [5, 5.41) is 9.78. The largest absolute Gasteiger partial charge is 0.478 e. The summed E-state index contributed by atoms with van der Waals surface area (Å²) in [6.07, 6.45) is 8.40. The predicted octanol–water partition coefficient (Wildman–Crippen LogP) is 10.4. The van der Waals surface area contributed by atoms with Crippen LogP contribution in [0.2, 0.25) is 0 Å². The van der Waals surface area contributed by atoms with E-state index in [9.17, 15) is 28.0 Å². The Balaban J connectivity index is 0.000000184. The fourth-order valence-corrected chi connectivity index (χ4v) is 8.66. The van der Waals surface area contributed by atoms with E-state index in [-0.39, 0.29) is 59.2 Å². The third-order valence-electron chi connectivity index (χ3n) is 11.9. The molecule has 0 amide bonds. The summed E-state index contributed by atoms with van der Waals surface area (Å²) < 4.78 is 46.3. The number of carboxylic acids is 1. The summed E-state index contributed by atoms with van der Waals surface area (Å²) in [4.78, 5) is 55.6. The lowest BCUT2D eigenvalue weighted by molar-refractivity contribution is -0.122. The standard InChI is InChI=1S/C21H17FN2O2.C13H13BrN2O2.C8H5F.C7H6BrNO2.C7H12O2.CH4/c1-24-20(16-9-10-26-13-16)23-19-12-15(7-8-18(19)21(24)25)6-5-14-3-2-4-17(22)11-14;1-16-12(8-4-5-18-7-8)15-11-6-9(14)2-3-10(11)13(16)17;1-2-7-4-3-5-8(9)6-7;8-4-1-2-5(7(10)11)6(9)3-4;1-2-7(8)6-3-4-9-5-6;/h2-4,7-8,11-12,16H,9-10,13H2,1H3;2-3,6,8H,4-5,7H2,1H3;1,3-6H;1-3H,9H2,(H,10,11);6H,2-5H2,1H3;1H4. The van der Waals surface area contributed by atoms with Gasteiger partial charge in [0.2, 0.25) is 0 Å². The van der Waals surface area contributed by atoms with Crippen molar-refractivity contribution in [2.45, 2.75) is 51.9 Å². The van der Waals surface area contributed by atoms with Gasteiger partial charge >= 0.3 is 5.97 Å². The third-order valence-corrected chi connectivity index (χ3v) is 12.9. The van der Waals surface area contributed by atoms with E-state index in [2.05, 4.69) is 54.6 Å². The minimum absolute atomic E-state index is 0. The van der Waals surface area contributed by atoms with E-state index in [0.29, 0.717) is 66.0 Å². The number of benzene rings is 5. The number of ether oxygens (including phenoxy) is 3. The Hall–Kier alpha value is -6.86. The molecule has 3 atom stereocenters. The number of aromatic carboxylic acids is 1. The van der Waals surface area contributed by atoms with E-state index in [1.165, 1.54) is 30.3 Å². The fourth-order valence-electron chi connectivity index (χ4n) is 7.93. The highest BCUT2D eigenvalue weighted by molar-refractivity contribution is 9.10. The minimum Gasteiger partial charge on any atom is -0.478 e. The van der Waals surface area contributed by atoms with Crippen molar-refractivity contribution in [3.63, 3.8) is 0 Å². The number of carbonyl (C=O) groups excluding carboxylic acids is 1. The first kappa shape index (κ1) is 58.0. The molecule has 0 bridgehead atoms. The average molecular weight is 1140 g/mol. The molecule has 74 heavy (non-hydrogen) atoms. The second kappa shape index (κ2) is 28.0. The van der Waals surface area contributed by atoms with Gasteiger partial charge in [-0.05, 0) is 110 Å². The first-order valence-corrected chi connectivity index (χ1v) is 24.9. The number of aromatic nitrogens is 4. The van der Waals surface area contributed by atoms with E-state index in [4.69, 9.17) is 36.5 Å². The number of carboxylic acid groups (broad SMARTS) is 1. The van der Waals surface area contributed by atoms with Crippen LogP contribution in [0.3, 0.4) is 0 Å². The Bertz CT molecular complexity index is 3330. The minimum atomic E-state index is -1.00. The highest BCUT2D eigenvalue weighted by atomic mass is 79.9. The first-order chi connectivity index (χ1) is 35.1. The lowest BCUT2D eigenvalue weighted by Gasteiger charge is -2.13. The lowest BCUT2D eigenvalue weighted by atomic mass is 10.0. The maximum absolute atomic E-state index is 13.3. The van der Waals surface area contributed by atoms with E-state index in [1.54, 1.807) is 71.8 Å². The Kier molecular flexibility index (Phi) is 21.9. The number of hydrogen-bond acceptors (Lipinski definition) is 10. The van der Waals surface area contributed by atoms with Gasteiger partial charge in [0.05, 0.1) is 47.2 Å². The van der Waals surface area contributed by atoms with Crippen molar-refractivity contribution in [3.8, 4) is 24.2 Å². The Morgan fingerprint density at radius 3 is 1.66 bits per heavy atom. The lowest BCUT2D eigenvalue weighted by Crippen LogP contribution is -2.24.